The minimum absolute atomic E-state index is 0.370. The second kappa shape index (κ2) is 7.98. The van der Waals surface area contributed by atoms with E-state index >= 15 is 0 Å². The Kier molecular flexibility index (Phi) is 5.28. The van der Waals surface area contributed by atoms with Crippen LogP contribution in [0.3, 0.4) is 0 Å². The van der Waals surface area contributed by atoms with Crippen LogP contribution in [0.25, 0.3) is 4.96 Å². The van der Waals surface area contributed by atoms with Gasteiger partial charge in [-0.15, -0.1) is 10.2 Å². The van der Waals surface area contributed by atoms with Crippen molar-refractivity contribution < 1.29 is 14.2 Å². The van der Waals surface area contributed by atoms with E-state index < -0.39 is 0 Å². The molecule has 26 heavy (non-hydrogen) atoms. The summed E-state index contributed by atoms with van der Waals surface area (Å²) in [6.45, 7) is 6.98. The van der Waals surface area contributed by atoms with Gasteiger partial charge in [-0.05, 0) is 19.1 Å². The van der Waals surface area contributed by atoms with E-state index in [0.717, 1.165) is 54.4 Å². The predicted molar refractivity (Wildman–Crippen MR) is 96.7 cm³/mol. The molecule has 3 aromatic rings. The maximum absolute atomic E-state index is 5.90. The molecule has 0 spiro atoms. The monoisotopic (exact) mass is 375 g/mol. The quantitative estimate of drug-likeness (QED) is 0.625. The van der Waals surface area contributed by atoms with Crippen LogP contribution in [0.5, 0.6) is 11.5 Å². The Morgan fingerprint density at radius 2 is 1.88 bits per heavy atom. The Balaban J connectivity index is 1.45. The van der Waals surface area contributed by atoms with Crippen molar-refractivity contribution >= 4 is 16.3 Å². The molecule has 1 aromatic carbocycles. The summed E-state index contributed by atoms with van der Waals surface area (Å²) in [5, 5.41) is 14.0. The van der Waals surface area contributed by atoms with Gasteiger partial charge in [-0.2, -0.15) is 9.61 Å². The molecule has 1 saturated heterocycles. The summed E-state index contributed by atoms with van der Waals surface area (Å²) in [6.07, 6.45) is 0. The van der Waals surface area contributed by atoms with Crippen molar-refractivity contribution in [2.75, 3.05) is 32.9 Å². The van der Waals surface area contributed by atoms with Crippen LogP contribution in [-0.4, -0.2) is 57.6 Å². The van der Waals surface area contributed by atoms with Gasteiger partial charge in [0.15, 0.2) is 22.3 Å². The third kappa shape index (κ3) is 3.79. The Bertz CT molecular complexity index is 859. The molecule has 0 unspecified atom stereocenters. The second-order valence-electron chi connectivity index (χ2n) is 5.86. The maximum atomic E-state index is 5.90. The molecular weight excluding hydrogens is 354 g/mol. The number of hydrogen-bond acceptors (Lipinski definition) is 8. The van der Waals surface area contributed by atoms with Crippen molar-refractivity contribution in [3.05, 3.63) is 35.1 Å². The van der Waals surface area contributed by atoms with Crippen LogP contribution in [0, 0.1) is 0 Å². The number of para-hydroxylation sites is 2. The summed E-state index contributed by atoms with van der Waals surface area (Å²) < 4.78 is 18.7. The van der Waals surface area contributed by atoms with E-state index in [0.29, 0.717) is 19.0 Å². The SMILES string of the molecule is CCOc1ccccc1OCc1nn2c(CN3CCOCC3)nnc2s1. The molecule has 3 heterocycles. The van der Waals surface area contributed by atoms with Gasteiger partial charge in [-0.3, -0.25) is 4.90 Å². The summed E-state index contributed by atoms with van der Waals surface area (Å²) in [4.78, 5) is 3.08. The van der Waals surface area contributed by atoms with E-state index in [2.05, 4.69) is 20.2 Å². The Morgan fingerprint density at radius 3 is 2.65 bits per heavy atom. The molecule has 1 aliphatic heterocycles. The van der Waals surface area contributed by atoms with E-state index in [1.165, 1.54) is 11.3 Å². The molecule has 0 amide bonds. The fourth-order valence-corrected chi connectivity index (χ4v) is 3.56. The van der Waals surface area contributed by atoms with Gasteiger partial charge < -0.3 is 14.2 Å². The number of benzene rings is 1. The summed E-state index contributed by atoms with van der Waals surface area (Å²) in [6, 6.07) is 7.66. The lowest BCUT2D eigenvalue weighted by molar-refractivity contribution is 0.0328. The van der Waals surface area contributed by atoms with Crippen molar-refractivity contribution in [2.24, 2.45) is 0 Å². The van der Waals surface area contributed by atoms with Gasteiger partial charge in [-0.25, -0.2) is 0 Å². The highest BCUT2D eigenvalue weighted by Crippen LogP contribution is 2.27. The lowest BCUT2D eigenvalue weighted by atomic mass is 10.3. The first kappa shape index (κ1) is 17.2. The zero-order valence-corrected chi connectivity index (χ0v) is 15.4. The predicted octanol–water partition coefficient (Wildman–Crippen LogP) is 2.00. The molecule has 1 fully saturated rings. The fraction of sp³-hybridized carbons (Fsp3) is 0.471. The highest BCUT2D eigenvalue weighted by Gasteiger charge is 2.17. The summed E-state index contributed by atoms with van der Waals surface area (Å²) >= 11 is 1.49. The highest BCUT2D eigenvalue weighted by molar-refractivity contribution is 7.16. The Morgan fingerprint density at radius 1 is 1.12 bits per heavy atom. The molecule has 4 rings (SSSR count). The molecule has 0 saturated carbocycles. The standard InChI is InChI=1S/C17H21N5O3S/c1-2-24-13-5-3-4-6-14(13)25-12-16-20-22-15(18-19-17(22)26-16)11-21-7-9-23-10-8-21/h3-6H,2,7-12H2,1H3. The van der Waals surface area contributed by atoms with Crippen LogP contribution in [0.4, 0.5) is 0 Å². The normalized spacial score (nSPS) is 15.4. The number of aromatic nitrogens is 4. The number of rotatable bonds is 7. The van der Waals surface area contributed by atoms with Crippen LogP contribution in [0.1, 0.15) is 17.8 Å². The number of hydrogen-bond donors (Lipinski definition) is 0. The van der Waals surface area contributed by atoms with Crippen molar-refractivity contribution in [3.63, 3.8) is 0 Å². The van der Waals surface area contributed by atoms with Gasteiger partial charge in [-0.1, -0.05) is 23.5 Å². The third-order valence-electron chi connectivity index (χ3n) is 4.07. The average molecular weight is 375 g/mol. The molecule has 138 valence electrons. The molecule has 0 bridgehead atoms. The summed E-state index contributed by atoms with van der Waals surface area (Å²) in [7, 11) is 0. The Hall–Kier alpha value is -2.23. The number of nitrogens with zero attached hydrogens (tertiary/aromatic N) is 5. The van der Waals surface area contributed by atoms with Crippen LogP contribution in [0.15, 0.2) is 24.3 Å². The first-order valence-electron chi connectivity index (χ1n) is 8.68. The molecular formula is C17H21N5O3S. The molecule has 9 heteroatoms. The van der Waals surface area contributed by atoms with E-state index in [1.54, 1.807) is 0 Å². The number of ether oxygens (including phenoxy) is 3. The van der Waals surface area contributed by atoms with Gasteiger partial charge in [0.2, 0.25) is 4.96 Å². The molecule has 0 atom stereocenters. The van der Waals surface area contributed by atoms with Crippen LogP contribution in [-0.2, 0) is 17.9 Å². The minimum atomic E-state index is 0.370. The van der Waals surface area contributed by atoms with Gasteiger partial charge in [0.1, 0.15) is 6.61 Å². The Labute approximate surface area is 155 Å². The number of fused-ring (bicyclic) bond motifs is 1. The smallest absolute Gasteiger partial charge is 0.234 e. The van der Waals surface area contributed by atoms with E-state index in [-0.39, 0.29) is 0 Å². The molecule has 0 N–H and O–H groups in total. The molecule has 0 aliphatic carbocycles. The van der Waals surface area contributed by atoms with Gasteiger partial charge in [0, 0.05) is 13.1 Å². The summed E-state index contributed by atoms with van der Waals surface area (Å²) in [5.74, 6) is 2.30. The second-order valence-corrected chi connectivity index (χ2v) is 6.90. The summed E-state index contributed by atoms with van der Waals surface area (Å²) in [5.41, 5.74) is 0. The lowest BCUT2D eigenvalue weighted by Crippen LogP contribution is -2.36. The lowest BCUT2D eigenvalue weighted by Gasteiger charge is -2.25. The van der Waals surface area contributed by atoms with Gasteiger partial charge in [0.25, 0.3) is 0 Å². The third-order valence-corrected chi connectivity index (χ3v) is 4.94. The zero-order chi connectivity index (χ0) is 17.8. The van der Waals surface area contributed by atoms with Crippen molar-refractivity contribution in [1.29, 1.82) is 0 Å². The molecule has 2 aromatic heterocycles. The molecule has 8 nitrogen and oxygen atoms in total. The van der Waals surface area contributed by atoms with E-state index in [9.17, 15) is 0 Å². The largest absolute Gasteiger partial charge is 0.490 e. The fourth-order valence-electron chi connectivity index (χ4n) is 2.80. The molecule has 0 radical (unpaired) electrons. The zero-order valence-electron chi connectivity index (χ0n) is 14.6. The topological polar surface area (TPSA) is 74.0 Å². The first-order valence-corrected chi connectivity index (χ1v) is 9.50. The minimum Gasteiger partial charge on any atom is -0.490 e. The van der Waals surface area contributed by atoms with E-state index in [1.807, 2.05) is 35.7 Å². The van der Waals surface area contributed by atoms with Crippen LogP contribution >= 0.6 is 11.3 Å². The maximum Gasteiger partial charge on any atom is 0.234 e. The van der Waals surface area contributed by atoms with Gasteiger partial charge in [0.05, 0.1) is 26.4 Å². The van der Waals surface area contributed by atoms with Crippen LogP contribution in [0.2, 0.25) is 0 Å². The van der Waals surface area contributed by atoms with Crippen LogP contribution < -0.4 is 9.47 Å². The average Bonchev–Trinajstić information content (AvgIpc) is 3.24. The number of morpholine rings is 1. The first-order chi connectivity index (χ1) is 12.8. The van der Waals surface area contributed by atoms with Crippen molar-refractivity contribution in [1.82, 2.24) is 24.7 Å². The van der Waals surface area contributed by atoms with Gasteiger partial charge >= 0.3 is 0 Å². The van der Waals surface area contributed by atoms with E-state index in [4.69, 9.17) is 14.2 Å². The van der Waals surface area contributed by atoms with Crippen molar-refractivity contribution in [3.8, 4) is 11.5 Å². The highest BCUT2D eigenvalue weighted by atomic mass is 32.1. The molecule has 1 aliphatic rings. The van der Waals surface area contributed by atoms with Crippen molar-refractivity contribution in [2.45, 2.75) is 20.1 Å².